The van der Waals surface area contributed by atoms with E-state index < -0.39 is 8.64 Å². The van der Waals surface area contributed by atoms with Gasteiger partial charge in [-0.05, 0) is 11.2 Å². The lowest BCUT2D eigenvalue weighted by Crippen LogP contribution is -1.97. The number of benzene rings is 1. The molecule has 2 aromatic rings. The molecule has 0 fully saturated rings. The fraction of sp³-hybridized carbons (Fsp3) is 0. The molecule has 1 heterocycles. The Balaban J connectivity index is 2.54. The predicted molar refractivity (Wildman–Crippen MR) is 55.4 cm³/mol. The minimum Gasteiger partial charge on any atom is -0.563 e. The van der Waals surface area contributed by atoms with E-state index in [1.165, 1.54) is 0 Å². The fourth-order valence-electron chi connectivity index (χ4n) is 1.34. The van der Waals surface area contributed by atoms with Crippen LogP contribution in [0.25, 0.3) is 10.7 Å². The summed E-state index contributed by atoms with van der Waals surface area (Å²) in [5, 5.41) is 1.06. The van der Waals surface area contributed by atoms with Gasteiger partial charge in [0.05, 0.1) is 0 Å². The molecule has 64 valence electrons. The summed E-state index contributed by atoms with van der Waals surface area (Å²) in [6.45, 7) is 0. The van der Waals surface area contributed by atoms with Gasteiger partial charge >= 0.3 is 0 Å². The molecule has 0 saturated carbocycles. The van der Waals surface area contributed by atoms with Crippen LogP contribution in [0.3, 0.4) is 0 Å². The normalized spacial score (nSPS) is 9.85. The Morgan fingerprint density at radius 3 is 2.23 bits per heavy atom. The summed E-state index contributed by atoms with van der Waals surface area (Å²) in [6.07, 6.45) is 0. The van der Waals surface area contributed by atoms with Gasteiger partial charge in [0.2, 0.25) is 0 Å². The summed E-state index contributed by atoms with van der Waals surface area (Å²) in [5.41, 5.74) is 3.01. The van der Waals surface area contributed by atoms with E-state index >= 15 is 0 Å². The average Bonchev–Trinajstić information content (AvgIpc) is 2.20. The molecular formula is C11H10OSi. The molecule has 0 atom stereocenters. The van der Waals surface area contributed by atoms with Crippen molar-refractivity contribution in [2.45, 2.75) is 0 Å². The van der Waals surface area contributed by atoms with Gasteiger partial charge in [0.25, 0.3) is 8.64 Å². The first kappa shape index (κ1) is 8.20. The molecule has 0 aliphatic heterocycles. The second-order valence-corrected chi connectivity index (χ2v) is 4.53. The zero-order valence-electron chi connectivity index (χ0n) is 7.14. The summed E-state index contributed by atoms with van der Waals surface area (Å²) in [6, 6.07) is 15.9. The Morgan fingerprint density at radius 1 is 0.846 bits per heavy atom. The maximum Gasteiger partial charge on any atom is 0.266 e. The minimum atomic E-state index is -1.43. The quantitative estimate of drug-likeness (QED) is 0.676. The van der Waals surface area contributed by atoms with E-state index in [1.54, 1.807) is 0 Å². The van der Waals surface area contributed by atoms with Gasteiger partial charge in [-0.2, -0.15) is 0 Å². The van der Waals surface area contributed by atoms with Crippen molar-refractivity contribution >= 4 is 8.64 Å². The summed E-state index contributed by atoms with van der Waals surface area (Å²) < 4.78 is 0. The molecule has 2 heteroatoms. The third-order valence-electron chi connectivity index (χ3n) is 1.99. The lowest BCUT2D eigenvalue weighted by atomic mass is 10.2. The van der Waals surface area contributed by atoms with Crippen molar-refractivity contribution in [3.05, 3.63) is 54.2 Å². The van der Waals surface area contributed by atoms with Gasteiger partial charge < -0.3 is 4.80 Å². The molecule has 1 aromatic carbocycles. The van der Waals surface area contributed by atoms with Crippen molar-refractivity contribution in [2.75, 3.05) is 0 Å². The van der Waals surface area contributed by atoms with Gasteiger partial charge in [-0.25, -0.2) is 0 Å². The molecule has 1 aromatic heterocycles. The maximum absolute atomic E-state index is 9.75. The van der Waals surface area contributed by atoms with E-state index in [9.17, 15) is 4.80 Å². The van der Waals surface area contributed by atoms with Crippen LogP contribution in [0.5, 0.6) is 0 Å². The molecule has 0 saturated heterocycles. The van der Waals surface area contributed by atoms with Gasteiger partial charge in [-0.15, -0.1) is 0 Å². The Morgan fingerprint density at radius 2 is 1.54 bits per heavy atom. The van der Waals surface area contributed by atoms with Crippen LogP contribution in [0.2, 0.25) is 0 Å². The first-order chi connectivity index (χ1) is 6.38. The Kier molecular flexibility index (Phi) is 2.23. The molecule has 0 spiro atoms. The SMILES string of the molecule is O[si]1ccccc1-c1ccccc1. The van der Waals surface area contributed by atoms with Crippen molar-refractivity contribution in [1.29, 1.82) is 0 Å². The number of rotatable bonds is 1. The summed E-state index contributed by atoms with van der Waals surface area (Å²) in [5.74, 6) is 0. The standard InChI is InChI=1S/C11H10OSi/c12-13-9-5-4-8-11(13)10-6-2-1-3-7-10/h1-9,12H. The van der Waals surface area contributed by atoms with Crippen molar-refractivity contribution < 1.29 is 4.80 Å². The van der Waals surface area contributed by atoms with Gasteiger partial charge in [0.15, 0.2) is 0 Å². The average molecular weight is 186 g/mol. The Labute approximate surface area is 78.9 Å². The molecule has 0 amide bonds. The van der Waals surface area contributed by atoms with Crippen molar-refractivity contribution in [1.82, 2.24) is 0 Å². The lowest BCUT2D eigenvalue weighted by Gasteiger charge is -2.01. The lowest BCUT2D eigenvalue weighted by molar-refractivity contribution is 0.608. The van der Waals surface area contributed by atoms with Crippen molar-refractivity contribution in [2.24, 2.45) is 0 Å². The highest BCUT2D eigenvalue weighted by Crippen LogP contribution is 2.16. The Bertz CT molecular complexity index is 398. The third kappa shape index (κ3) is 1.68. The zero-order chi connectivity index (χ0) is 9.10. The van der Waals surface area contributed by atoms with Crippen LogP contribution in [0, 0.1) is 0 Å². The van der Waals surface area contributed by atoms with Crippen LogP contribution >= 0.6 is 0 Å². The zero-order valence-corrected chi connectivity index (χ0v) is 8.14. The highest BCUT2D eigenvalue weighted by Gasteiger charge is 2.01. The van der Waals surface area contributed by atoms with E-state index in [-0.39, 0.29) is 0 Å². The summed E-state index contributed by atoms with van der Waals surface area (Å²) in [7, 11) is -1.43. The van der Waals surface area contributed by atoms with Crippen LogP contribution in [0.1, 0.15) is 0 Å². The highest BCUT2D eigenvalue weighted by atomic mass is 28.3. The minimum absolute atomic E-state index is 1.06. The first-order valence-corrected chi connectivity index (χ1v) is 5.74. The van der Waals surface area contributed by atoms with Gasteiger partial charge in [-0.1, -0.05) is 48.5 Å². The molecule has 1 N–H and O–H groups in total. The largest absolute Gasteiger partial charge is 0.563 e. The number of hydrogen-bond donors (Lipinski definition) is 1. The van der Waals surface area contributed by atoms with Crippen LogP contribution in [0.15, 0.2) is 54.2 Å². The molecule has 0 bridgehead atoms. The molecular weight excluding hydrogens is 176 g/mol. The smallest absolute Gasteiger partial charge is 0.266 e. The molecule has 0 aliphatic carbocycles. The Hall–Kier alpha value is -1.41. The van der Waals surface area contributed by atoms with Crippen LogP contribution in [0.4, 0.5) is 0 Å². The second kappa shape index (κ2) is 3.54. The molecule has 2 rings (SSSR count). The molecule has 13 heavy (non-hydrogen) atoms. The molecule has 0 radical (unpaired) electrons. The fourth-order valence-corrected chi connectivity index (χ4v) is 2.54. The van der Waals surface area contributed by atoms with E-state index in [4.69, 9.17) is 0 Å². The van der Waals surface area contributed by atoms with E-state index in [1.807, 2.05) is 54.2 Å². The van der Waals surface area contributed by atoms with E-state index in [2.05, 4.69) is 0 Å². The monoisotopic (exact) mass is 186 g/mol. The van der Waals surface area contributed by atoms with Gasteiger partial charge in [0.1, 0.15) is 0 Å². The molecule has 1 nitrogen and oxygen atoms in total. The second-order valence-electron chi connectivity index (χ2n) is 2.88. The van der Waals surface area contributed by atoms with Gasteiger partial charge in [-0.3, -0.25) is 0 Å². The molecule has 0 unspecified atom stereocenters. The summed E-state index contributed by atoms with van der Waals surface area (Å²) >= 11 is 0. The first-order valence-electron chi connectivity index (χ1n) is 4.21. The van der Waals surface area contributed by atoms with Gasteiger partial charge in [0, 0.05) is 5.17 Å². The molecule has 0 aliphatic rings. The van der Waals surface area contributed by atoms with E-state index in [0.29, 0.717) is 0 Å². The predicted octanol–water partition coefficient (Wildman–Crippen LogP) is 2.13. The van der Waals surface area contributed by atoms with Crippen LogP contribution < -0.4 is 0 Å². The van der Waals surface area contributed by atoms with Crippen LogP contribution in [-0.4, -0.2) is 13.4 Å². The van der Waals surface area contributed by atoms with Crippen molar-refractivity contribution in [3.8, 4) is 10.7 Å². The highest BCUT2D eigenvalue weighted by molar-refractivity contribution is 6.51. The maximum atomic E-state index is 9.75. The van der Waals surface area contributed by atoms with Crippen molar-refractivity contribution in [3.63, 3.8) is 0 Å². The van der Waals surface area contributed by atoms with E-state index in [0.717, 1.165) is 10.7 Å². The number of hydrogen-bond acceptors (Lipinski definition) is 1. The van der Waals surface area contributed by atoms with Crippen LogP contribution in [-0.2, 0) is 0 Å². The third-order valence-corrected chi connectivity index (χ3v) is 3.50. The summed E-state index contributed by atoms with van der Waals surface area (Å²) in [4.78, 5) is 9.75. The topological polar surface area (TPSA) is 20.2 Å².